The molecule has 0 fully saturated rings. The monoisotopic (exact) mass is 410 g/mol. The number of rotatable bonds is 8. The van der Waals surface area contributed by atoms with Gasteiger partial charge in [-0.1, -0.05) is 11.6 Å². The first-order chi connectivity index (χ1) is 13.3. The Kier molecular flexibility index (Phi) is 7.65. The predicted molar refractivity (Wildman–Crippen MR) is 104 cm³/mol. The molecule has 9 nitrogen and oxygen atoms in total. The molecule has 0 saturated heterocycles. The van der Waals surface area contributed by atoms with Crippen molar-refractivity contribution in [3.8, 4) is 5.75 Å². The molecule has 1 aliphatic heterocycles. The van der Waals surface area contributed by atoms with Gasteiger partial charge in [-0.2, -0.15) is 0 Å². The molecular formula is C18H23ClN4O5. The lowest BCUT2D eigenvalue weighted by Gasteiger charge is -2.25. The standard InChI is InChI=1S/C18H23ClN4O5/c1-4-28-17(25)12-8-20-18(26)22-14(12)9-23(2)10-16(24)21-13-7-11(19)5-6-15(13)27-3/h5-7H,4,8-10H2,1-3H3,(H,21,24)(H2,20,22,26). The Balaban J connectivity index is 2.04. The summed E-state index contributed by atoms with van der Waals surface area (Å²) in [4.78, 5) is 37.7. The third-order valence-electron chi connectivity index (χ3n) is 3.85. The molecule has 0 unspecified atom stereocenters. The van der Waals surface area contributed by atoms with Crippen LogP contribution in [0.2, 0.25) is 5.02 Å². The number of methoxy groups -OCH3 is 1. The molecule has 10 heteroatoms. The number of carbonyl (C=O) groups is 3. The fraction of sp³-hybridized carbons (Fsp3) is 0.389. The van der Waals surface area contributed by atoms with E-state index in [1.165, 1.54) is 7.11 Å². The van der Waals surface area contributed by atoms with Crippen LogP contribution in [0.3, 0.4) is 0 Å². The van der Waals surface area contributed by atoms with Gasteiger partial charge < -0.3 is 25.4 Å². The van der Waals surface area contributed by atoms with Gasteiger partial charge in [-0.15, -0.1) is 0 Å². The molecule has 1 aromatic rings. The highest BCUT2D eigenvalue weighted by atomic mass is 35.5. The smallest absolute Gasteiger partial charge is 0.337 e. The molecule has 28 heavy (non-hydrogen) atoms. The van der Waals surface area contributed by atoms with E-state index in [4.69, 9.17) is 21.1 Å². The van der Waals surface area contributed by atoms with Crippen LogP contribution in [0.4, 0.5) is 10.5 Å². The van der Waals surface area contributed by atoms with Gasteiger partial charge in [0.15, 0.2) is 0 Å². The number of halogens is 1. The second-order valence-corrected chi connectivity index (χ2v) is 6.49. The maximum absolute atomic E-state index is 12.4. The molecule has 0 aliphatic carbocycles. The van der Waals surface area contributed by atoms with Crippen molar-refractivity contribution in [3.05, 3.63) is 34.5 Å². The summed E-state index contributed by atoms with van der Waals surface area (Å²) in [6, 6.07) is 4.49. The highest BCUT2D eigenvalue weighted by Gasteiger charge is 2.24. The molecule has 3 N–H and O–H groups in total. The van der Waals surface area contributed by atoms with Crippen molar-refractivity contribution in [2.75, 3.05) is 45.7 Å². The number of anilines is 1. The number of benzene rings is 1. The molecule has 1 aromatic carbocycles. The molecule has 152 valence electrons. The van der Waals surface area contributed by atoms with Crippen LogP contribution >= 0.6 is 11.6 Å². The van der Waals surface area contributed by atoms with E-state index in [0.717, 1.165) is 0 Å². The predicted octanol–water partition coefficient (Wildman–Crippen LogP) is 1.35. The zero-order valence-corrected chi connectivity index (χ0v) is 16.7. The summed E-state index contributed by atoms with van der Waals surface area (Å²) in [5.74, 6) is -0.327. The Bertz CT molecular complexity index is 796. The zero-order valence-electron chi connectivity index (χ0n) is 15.9. The number of carbonyl (C=O) groups excluding carboxylic acids is 3. The van der Waals surface area contributed by atoms with Crippen LogP contribution in [0.15, 0.2) is 29.5 Å². The van der Waals surface area contributed by atoms with Crippen molar-refractivity contribution in [3.63, 3.8) is 0 Å². The average Bonchev–Trinajstić information content (AvgIpc) is 2.62. The molecule has 0 aromatic heterocycles. The van der Waals surface area contributed by atoms with Gasteiger partial charge in [0.05, 0.1) is 38.1 Å². The van der Waals surface area contributed by atoms with Gasteiger partial charge in [0.1, 0.15) is 5.75 Å². The zero-order chi connectivity index (χ0) is 20.7. The van der Waals surface area contributed by atoms with Crippen LogP contribution in [0, 0.1) is 0 Å². The van der Waals surface area contributed by atoms with Crippen LogP contribution < -0.4 is 20.7 Å². The lowest BCUT2D eigenvalue weighted by Crippen LogP contribution is -2.47. The van der Waals surface area contributed by atoms with E-state index in [1.807, 2.05) is 0 Å². The number of esters is 1. The van der Waals surface area contributed by atoms with Gasteiger partial charge in [-0.05, 0) is 32.2 Å². The summed E-state index contributed by atoms with van der Waals surface area (Å²) in [7, 11) is 3.19. The maximum Gasteiger partial charge on any atom is 0.337 e. The molecule has 0 atom stereocenters. The Labute approximate surface area is 168 Å². The highest BCUT2D eigenvalue weighted by Crippen LogP contribution is 2.27. The first-order valence-electron chi connectivity index (χ1n) is 8.60. The van der Waals surface area contributed by atoms with Gasteiger partial charge in [-0.25, -0.2) is 9.59 Å². The Morgan fingerprint density at radius 1 is 1.36 bits per heavy atom. The molecule has 2 rings (SSSR count). The molecule has 0 spiro atoms. The Morgan fingerprint density at radius 2 is 2.11 bits per heavy atom. The largest absolute Gasteiger partial charge is 0.495 e. The van der Waals surface area contributed by atoms with Crippen LogP contribution in [-0.2, 0) is 14.3 Å². The summed E-state index contributed by atoms with van der Waals surface area (Å²) < 4.78 is 10.2. The van der Waals surface area contributed by atoms with Gasteiger partial charge in [-0.3, -0.25) is 9.69 Å². The van der Waals surface area contributed by atoms with Crippen LogP contribution in [-0.4, -0.2) is 63.2 Å². The number of nitrogens with zero attached hydrogens (tertiary/aromatic N) is 1. The van der Waals surface area contributed by atoms with Gasteiger partial charge >= 0.3 is 12.0 Å². The second kappa shape index (κ2) is 9.95. The van der Waals surface area contributed by atoms with E-state index in [1.54, 1.807) is 37.1 Å². The third kappa shape index (κ3) is 5.86. The number of hydrogen-bond acceptors (Lipinski definition) is 6. The fourth-order valence-corrected chi connectivity index (χ4v) is 2.79. The summed E-state index contributed by atoms with van der Waals surface area (Å²) in [6.07, 6.45) is 0. The lowest BCUT2D eigenvalue weighted by atomic mass is 10.1. The summed E-state index contributed by atoms with van der Waals surface area (Å²) in [5, 5.41) is 8.34. The Morgan fingerprint density at radius 3 is 2.79 bits per heavy atom. The van der Waals surface area contributed by atoms with Crippen LogP contribution in [0.25, 0.3) is 0 Å². The van der Waals surface area contributed by atoms with E-state index in [9.17, 15) is 14.4 Å². The minimum atomic E-state index is -0.508. The molecule has 0 radical (unpaired) electrons. The van der Waals surface area contributed by atoms with Gasteiger partial charge in [0, 0.05) is 17.3 Å². The van der Waals surface area contributed by atoms with Crippen molar-refractivity contribution in [1.82, 2.24) is 15.5 Å². The number of urea groups is 1. The number of likely N-dealkylation sites (N-methyl/N-ethyl adjacent to an activating group) is 1. The number of ether oxygens (including phenoxy) is 2. The normalized spacial score (nSPS) is 13.7. The van der Waals surface area contributed by atoms with Crippen molar-refractivity contribution >= 4 is 35.2 Å². The molecule has 0 bridgehead atoms. The summed E-state index contributed by atoms with van der Waals surface area (Å²) in [5.41, 5.74) is 1.18. The van der Waals surface area contributed by atoms with E-state index < -0.39 is 12.0 Å². The number of hydrogen-bond donors (Lipinski definition) is 3. The minimum absolute atomic E-state index is 0.0125. The summed E-state index contributed by atoms with van der Waals surface area (Å²) >= 11 is 5.96. The average molecular weight is 411 g/mol. The second-order valence-electron chi connectivity index (χ2n) is 6.05. The fourth-order valence-electron chi connectivity index (χ4n) is 2.62. The summed E-state index contributed by atoms with van der Waals surface area (Å²) in [6.45, 7) is 2.19. The van der Waals surface area contributed by atoms with Crippen molar-refractivity contribution in [2.45, 2.75) is 6.92 Å². The van der Waals surface area contributed by atoms with E-state index >= 15 is 0 Å². The van der Waals surface area contributed by atoms with Crippen molar-refractivity contribution < 1.29 is 23.9 Å². The molecule has 1 heterocycles. The van der Waals surface area contributed by atoms with E-state index in [0.29, 0.717) is 27.7 Å². The first kappa shape index (κ1) is 21.5. The third-order valence-corrected chi connectivity index (χ3v) is 4.09. The van der Waals surface area contributed by atoms with Crippen molar-refractivity contribution in [2.24, 2.45) is 0 Å². The molecular weight excluding hydrogens is 388 g/mol. The molecule has 0 saturated carbocycles. The topological polar surface area (TPSA) is 109 Å². The minimum Gasteiger partial charge on any atom is -0.495 e. The first-order valence-corrected chi connectivity index (χ1v) is 8.97. The molecule has 1 aliphatic rings. The van der Waals surface area contributed by atoms with E-state index in [2.05, 4.69) is 16.0 Å². The lowest BCUT2D eigenvalue weighted by molar-refractivity contribution is -0.138. The molecule has 3 amide bonds. The quantitative estimate of drug-likeness (QED) is 0.558. The number of amides is 3. The highest BCUT2D eigenvalue weighted by molar-refractivity contribution is 6.31. The van der Waals surface area contributed by atoms with Crippen LogP contribution in [0.5, 0.6) is 5.75 Å². The van der Waals surface area contributed by atoms with Gasteiger partial charge in [0.2, 0.25) is 5.91 Å². The van der Waals surface area contributed by atoms with Gasteiger partial charge in [0.25, 0.3) is 0 Å². The van der Waals surface area contributed by atoms with Crippen LogP contribution in [0.1, 0.15) is 6.92 Å². The maximum atomic E-state index is 12.4. The Hall–Kier alpha value is -2.78. The van der Waals surface area contributed by atoms with E-state index in [-0.39, 0.29) is 32.1 Å². The van der Waals surface area contributed by atoms with Crippen molar-refractivity contribution in [1.29, 1.82) is 0 Å². The SMILES string of the molecule is CCOC(=O)C1=C(CN(C)CC(=O)Nc2cc(Cl)ccc2OC)NC(=O)NC1. The number of nitrogens with one attached hydrogen (secondary N) is 3.